The van der Waals surface area contributed by atoms with Crippen LogP contribution in [0.4, 0.5) is 11.4 Å². The highest BCUT2D eigenvalue weighted by molar-refractivity contribution is 6.22. The van der Waals surface area contributed by atoms with E-state index in [9.17, 15) is 15.2 Å². The zero-order valence-corrected chi connectivity index (χ0v) is 18.2. The molecule has 0 atom stereocenters. The first-order chi connectivity index (χ1) is 16.0. The number of hydrogen-bond acceptors (Lipinski definition) is 6. The number of nitrogens with one attached hydrogen (secondary N) is 1. The minimum absolute atomic E-state index is 0.0186. The first-order valence-corrected chi connectivity index (χ1v) is 10.5. The number of aromatic nitrogens is 1. The smallest absolute Gasteiger partial charge is 0.269 e. The summed E-state index contributed by atoms with van der Waals surface area (Å²) in [5.74, 6) is 1.09. The molecule has 1 heterocycles. The van der Waals surface area contributed by atoms with E-state index in [-0.39, 0.29) is 11.6 Å². The number of ether oxygens (including phenoxy) is 2. The van der Waals surface area contributed by atoms with Gasteiger partial charge >= 0.3 is 0 Å². The number of benzene rings is 3. The Hall–Kier alpha value is -4.33. The number of non-ortho nitro benzene ring substituents is 1. The van der Waals surface area contributed by atoms with Crippen LogP contribution in [0.3, 0.4) is 0 Å². The van der Waals surface area contributed by atoms with Crippen LogP contribution < -0.4 is 9.47 Å². The van der Waals surface area contributed by atoms with Crippen molar-refractivity contribution in [2.24, 2.45) is 4.99 Å². The third-order valence-electron chi connectivity index (χ3n) is 5.03. The van der Waals surface area contributed by atoms with Crippen LogP contribution in [-0.4, -0.2) is 33.9 Å². The lowest BCUT2D eigenvalue weighted by atomic mass is 10.0. The predicted molar refractivity (Wildman–Crippen MR) is 127 cm³/mol. The average molecular weight is 445 g/mol. The van der Waals surface area contributed by atoms with Gasteiger partial charge in [0.15, 0.2) is 17.4 Å². The maximum absolute atomic E-state index is 11.0. The van der Waals surface area contributed by atoms with Crippen LogP contribution >= 0.6 is 0 Å². The zero-order chi connectivity index (χ0) is 23.4. The van der Waals surface area contributed by atoms with Gasteiger partial charge in [0.25, 0.3) is 5.69 Å². The van der Waals surface area contributed by atoms with Crippen LogP contribution in [0.2, 0.25) is 0 Å². The van der Waals surface area contributed by atoms with Crippen molar-refractivity contribution < 1.29 is 19.5 Å². The zero-order valence-electron chi connectivity index (χ0n) is 18.2. The number of nitro groups is 1. The van der Waals surface area contributed by atoms with Crippen molar-refractivity contribution >= 4 is 28.0 Å². The average Bonchev–Trinajstić information content (AvgIpc) is 3.13. The van der Waals surface area contributed by atoms with Gasteiger partial charge in [0.1, 0.15) is 0 Å². The molecular weight excluding hydrogens is 422 g/mol. The summed E-state index contributed by atoms with van der Waals surface area (Å²) in [6, 6.07) is 19.0. The Morgan fingerprint density at radius 2 is 1.64 bits per heavy atom. The second-order valence-corrected chi connectivity index (χ2v) is 7.16. The second-order valence-electron chi connectivity index (χ2n) is 7.16. The predicted octanol–water partition coefficient (Wildman–Crippen LogP) is 5.75. The summed E-state index contributed by atoms with van der Waals surface area (Å²) in [7, 11) is 0. The van der Waals surface area contributed by atoms with Crippen molar-refractivity contribution in [2.75, 3.05) is 13.2 Å². The number of nitrogens with zero attached hydrogens (tertiary/aromatic N) is 2. The highest BCUT2D eigenvalue weighted by Crippen LogP contribution is 2.38. The Morgan fingerprint density at radius 3 is 2.24 bits per heavy atom. The van der Waals surface area contributed by atoms with Gasteiger partial charge in [-0.2, -0.15) is 0 Å². The molecule has 8 nitrogen and oxygen atoms in total. The van der Waals surface area contributed by atoms with Crippen molar-refractivity contribution in [3.8, 4) is 17.4 Å². The summed E-state index contributed by atoms with van der Waals surface area (Å²) < 4.78 is 11.5. The molecule has 4 aromatic rings. The van der Waals surface area contributed by atoms with Gasteiger partial charge in [-0.1, -0.05) is 30.3 Å². The molecule has 0 saturated heterocycles. The standard InChI is InChI=1S/C25H23N3O5/c1-3-32-21-14-19-20(15-22(21)33-4-2)27-25(29)23(19)24(16-8-6-5-7-9-16)26-17-10-12-18(13-11-17)28(30)31/h5-15,27,29H,3-4H2,1-2H3. The molecule has 3 aromatic carbocycles. The molecule has 8 heteroatoms. The van der Waals surface area contributed by atoms with Gasteiger partial charge in [-0.05, 0) is 32.0 Å². The van der Waals surface area contributed by atoms with Crippen LogP contribution in [0.25, 0.3) is 10.9 Å². The van der Waals surface area contributed by atoms with E-state index in [1.165, 1.54) is 12.1 Å². The van der Waals surface area contributed by atoms with Gasteiger partial charge in [-0.25, -0.2) is 4.99 Å². The second kappa shape index (κ2) is 9.44. The van der Waals surface area contributed by atoms with Crippen LogP contribution in [0.1, 0.15) is 25.0 Å². The number of H-pyrrole nitrogens is 1. The van der Waals surface area contributed by atoms with Crippen LogP contribution in [0, 0.1) is 10.1 Å². The molecule has 2 N–H and O–H groups in total. The topological polar surface area (TPSA) is 110 Å². The van der Waals surface area contributed by atoms with Gasteiger partial charge in [0.2, 0.25) is 0 Å². The fourth-order valence-electron chi connectivity index (χ4n) is 3.60. The molecule has 0 aliphatic rings. The number of rotatable bonds is 8. The van der Waals surface area contributed by atoms with Crippen molar-refractivity contribution in [3.63, 3.8) is 0 Å². The Labute approximate surface area is 190 Å². The van der Waals surface area contributed by atoms with Gasteiger partial charge in [0.05, 0.1) is 40.6 Å². The Kier molecular flexibility index (Phi) is 6.26. The number of aliphatic imine (C=N–C) groups is 1. The van der Waals surface area contributed by atoms with Crippen LogP contribution in [-0.2, 0) is 0 Å². The van der Waals surface area contributed by atoms with Crippen molar-refractivity contribution in [1.29, 1.82) is 0 Å². The minimum atomic E-state index is -0.456. The van der Waals surface area contributed by atoms with E-state index in [1.807, 2.05) is 50.2 Å². The molecule has 0 bridgehead atoms. The van der Waals surface area contributed by atoms with E-state index < -0.39 is 4.92 Å². The Morgan fingerprint density at radius 1 is 1.00 bits per heavy atom. The number of hydrogen-bond donors (Lipinski definition) is 2. The van der Waals surface area contributed by atoms with Crippen molar-refractivity contribution in [3.05, 3.63) is 88.0 Å². The van der Waals surface area contributed by atoms with Crippen LogP contribution in [0.5, 0.6) is 17.4 Å². The first kappa shape index (κ1) is 21.9. The summed E-state index contributed by atoms with van der Waals surface area (Å²) in [5, 5.41) is 22.6. The summed E-state index contributed by atoms with van der Waals surface area (Å²) >= 11 is 0. The number of nitro benzene ring substituents is 1. The molecule has 33 heavy (non-hydrogen) atoms. The fraction of sp³-hybridized carbons (Fsp3) is 0.160. The molecular formula is C25H23N3O5. The van der Waals surface area contributed by atoms with E-state index >= 15 is 0 Å². The van der Waals surface area contributed by atoms with Gasteiger partial charge in [-0.3, -0.25) is 10.1 Å². The SMILES string of the molecule is CCOc1cc2[nH]c(O)c(C(=Nc3ccc([N+](=O)[O-])cc3)c3ccccc3)c2cc1OCC. The van der Waals surface area contributed by atoms with Gasteiger partial charge in [0, 0.05) is 29.1 Å². The largest absolute Gasteiger partial charge is 0.494 e. The molecule has 4 rings (SSSR count). The molecule has 0 saturated carbocycles. The Balaban J connectivity index is 1.93. The van der Waals surface area contributed by atoms with E-state index in [2.05, 4.69) is 4.98 Å². The molecule has 0 unspecified atom stereocenters. The first-order valence-electron chi connectivity index (χ1n) is 10.5. The monoisotopic (exact) mass is 445 g/mol. The third-order valence-corrected chi connectivity index (χ3v) is 5.03. The van der Waals surface area contributed by atoms with E-state index in [4.69, 9.17) is 14.5 Å². The molecule has 0 radical (unpaired) electrons. The number of fused-ring (bicyclic) bond motifs is 1. The normalized spacial score (nSPS) is 11.5. The molecule has 0 spiro atoms. The number of aromatic hydroxyl groups is 1. The lowest BCUT2D eigenvalue weighted by Crippen LogP contribution is -2.03. The molecule has 0 aliphatic carbocycles. The highest BCUT2D eigenvalue weighted by atomic mass is 16.6. The molecule has 0 amide bonds. The van der Waals surface area contributed by atoms with Crippen molar-refractivity contribution in [1.82, 2.24) is 4.98 Å². The van der Waals surface area contributed by atoms with E-state index in [0.717, 1.165) is 5.56 Å². The summed E-state index contributed by atoms with van der Waals surface area (Å²) in [6.45, 7) is 4.71. The lowest BCUT2D eigenvalue weighted by Gasteiger charge is -2.12. The quantitative estimate of drug-likeness (QED) is 0.204. The summed E-state index contributed by atoms with van der Waals surface area (Å²) in [4.78, 5) is 18.3. The number of aromatic amines is 1. The van der Waals surface area contributed by atoms with E-state index in [1.54, 1.807) is 18.2 Å². The van der Waals surface area contributed by atoms with E-state index in [0.29, 0.717) is 52.6 Å². The van der Waals surface area contributed by atoms with Gasteiger partial charge < -0.3 is 19.6 Å². The Bertz CT molecular complexity index is 1310. The lowest BCUT2D eigenvalue weighted by molar-refractivity contribution is -0.384. The van der Waals surface area contributed by atoms with Crippen molar-refractivity contribution in [2.45, 2.75) is 13.8 Å². The third kappa shape index (κ3) is 4.50. The summed E-state index contributed by atoms with van der Waals surface area (Å²) in [5.41, 5.74) is 2.96. The fourth-order valence-corrected chi connectivity index (χ4v) is 3.60. The molecule has 168 valence electrons. The van der Waals surface area contributed by atoms with Crippen LogP contribution in [0.15, 0.2) is 71.7 Å². The molecule has 1 aromatic heterocycles. The molecule has 0 aliphatic heterocycles. The molecule has 0 fully saturated rings. The summed E-state index contributed by atoms with van der Waals surface area (Å²) in [6.07, 6.45) is 0. The maximum Gasteiger partial charge on any atom is 0.269 e. The minimum Gasteiger partial charge on any atom is -0.494 e. The highest BCUT2D eigenvalue weighted by Gasteiger charge is 2.21. The maximum atomic E-state index is 11.0. The van der Waals surface area contributed by atoms with Gasteiger partial charge in [-0.15, -0.1) is 0 Å².